The predicted octanol–water partition coefficient (Wildman–Crippen LogP) is 2.73. The lowest BCUT2D eigenvalue weighted by atomic mass is 10.0. The third-order valence-electron chi connectivity index (χ3n) is 5.02. The second-order valence-corrected chi connectivity index (χ2v) is 7.47. The molecule has 0 aliphatic carbocycles. The van der Waals surface area contributed by atoms with E-state index in [1.54, 1.807) is 32.3 Å². The lowest BCUT2D eigenvalue weighted by Gasteiger charge is -2.29. The van der Waals surface area contributed by atoms with E-state index in [0.717, 1.165) is 18.4 Å². The first-order valence-electron chi connectivity index (χ1n) is 10.9. The number of nitriles is 1. The number of aryl methyl sites for hydroxylation is 1. The minimum absolute atomic E-state index is 0.122. The van der Waals surface area contributed by atoms with Gasteiger partial charge in [0.2, 0.25) is 0 Å². The number of nitrogens with zero attached hydrogens (tertiary/aromatic N) is 3. The Hall–Kier alpha value is -3.48. The maximum Gasteiger partial charge on any atom is 0.327 e. The van der Waals surface area contributed by atoms with Crippen molar-refractivity contribution in [3.63, 3.8) is 0 Å². The van der Waals surface area contributed by atoms with E-state index >= 15 is 0 Å². The van der Waals surface area contributed by atoms with Gasteiger partial charge in [-0.05, 0) is 50.0 Å². The van der Waals surface area contributed by atoms with Crippen molar-refractivity contribution in [3.8, 4) is 6.07 Å². The number of rotatable bonds is 10. The van der Waals surface area contributed by atoms with Gasteiger partial charge in [0.1, 0.15) is 17.6 Å². The summed E-state index contributed by atoms with van der Waals surface area (Å²) in [5.41, 5.74) is 2.93. The summed E-state index contributed by atoms with van der Waals surface area (Å²) in [5.74, 6) is 0.420. The fourth-order valence-corrected chi connectivity index (χ4v) is 3.41. The molecular weight excluding hydrogens is 422 g/mol. The Bertz CT molecular complexity index is 991. The average Bonchev–Trinajstić information content (AvgIpc) is 2.82. The highest BCUT2D eigenvalue weighted by Crippen LogP contribution is 2.27. The van der Waals surface area contributed by atoms with Gasteiger partial charge >= 0.3 is 6.03 Å². The Kier molecular flexibility index (Phi) is 10.3. The molecule has 9 nitrogen and oxygen atoms in total. The van der Waals surface area contributed by atoms with E-state index in [2.05, 4.69) is 21.7 Å². The number of pyridine rings is 1. The number of allylic oxidation sites excluding steroid dienone is 5. The van der Waals surface area contributed by atoms with E-state index < -0.39 is 0 Å². The third kappa shape index (κ3) is 7.00. The van der Waals surface area contributed by atoms with Crippen LogP contribution in [0.3, 0.4) is 0 Å². The molecule has 9 heteroatoms. The number of urea groups is 1. The minimum Gasteiger partial charge on any atom is -0.392 e. The molecule has 0 atom stereocenters. The minimum atomic E-state index is -0.385. The summed E-state index contributed by atoms with van der Waals surface area (Å²) in [4.78, 5) is 30.2. The summed E-state index contributed by atoms with van der Waals surface area (Å²) < 4.78 is 5.07. The highest BCUT2D eigenvalue weighted by molar-refractivity contribution is 5.93. The normalized spacial score (nSPS) is 14.4. The standard InChI is InChI=1S/C24H31N5O4/c1-4-5-7-19(14-25)21(26-9-11-33-3)12-17(2)27-24(32)29-10-6-8-18-13-20(15-30)22(16-31)28-23(18)29/h5,7,12-13,16,26,30H,4,6,8-11,15H2,1-3H3,(H,27,32)/b7-5+,17-12+,21-19-. The average molecular weight is 454 g/mol. The second kappa shape index (κ2) is 13.2. The SMILES string of the molecule is CC/C=C/C(C#N)=C(\C=C(/C)NC(=O)N1CCCc2cc(CO)c(C=O)nc21)NCCOC. The number of hydrogen-bond acceptors (Lipinski definition) is 7. The zero-order valence-corrected chi connectivity index (χ0v) is 19.4. The number of hydrogen-bond donors (Lipinski definition) is 3. The molecule has 1 aliphatic heterocycles. The van der Waals surface area contributed by atoms with Crippen LogP contribution < -0.4 is 15.5 Å². The Labute approximate surface area is 194 Å². The van der Waals surface area contributed by atoms with Crippen LogP contribution in [0.4, 0.5) is 10.6 Å². The number of aliphatic hydroxyl groups is 1. The predicted molar refractivity (Wildman–Crippen MR) is 125 cm³/mol. The first-order valence-corrected chi connectivity index (χ1v) is 10.9. The molecule has 1 aromatic heterocycles. The zero-order chi connectivity index (χ0) is 24.2. The van der Waals surface area contributed by atoms with Gasteiger partial charge in [0, 0.05) is 31.5 Å². The second-order valence-electron chi connectivity index (χ2n) is 7.47. The van der Waals surface area contributed by atoms with Gasteiger partial charge in [0.25, 0.3) is 0 Å². The molecule has 0 bridgehead atoms. The molecule has 0 fully saturated rings. The molecule has 33 heavy (non-hydrogen) atoms. The molecule has 2 amide bonds. The molecular formula is C24H31N5O4. The molecule has 0 saturated carbocycles. The number of amides is 2. The van der Waals surface area contributed by atoms with Gasteiger partial charge in [-0.2, -0.15) is 5.26 Å². The molecule has 1 aliphatic rings. The number of carbonyl (C=O) groups excluding carboxylic acids is 2. The molecule has 176 valence electrons. The van der Waals surface area contributed by atoms with Crippen LogP contribution in [0.15, 0.2) is 41.3 Å². The molecule has 3 N–H and O–H groups in total. The van der Waals surface area contributed by atoms with Crippen LogP contribution in [0.5, 0.6) is 0 Å². The Morgan fingerprint density at radius 1 is 1.45 bits per heavy atom. The Balaban J connectivity index is 2.30. The quantitative estimate of drug-likeness (QED) is 0.215. The summed E-state index contributed by atoms with van der Waals surface area (Å²) in [6.07, 6.45) is 8.15. The van der Waals surface area contributed by atoms with E-state index in [0.29, 0.717) is 60.8 Å². The number of fused-ring (bicyclic) bond motifs is 1. The van der Waals surface area contributed by atoms with Crippen molar-refractivity contribution < 1.29 is 19.4 Å². The van der Waals surface area contributed by atoms with Crippen LogP contribution in [0.25, 0.3) is 0 Å². The molecule has 0 unspecified atom stereocenters. The smallest absolute Gasteiger partial charge is 0.327 e. The van der Waals surface area contributed by atoms with Crippen LogP contribution in [0.2, 0.25) is 0 Å². The van der Waals surface area contributed by atoms with Gasteiger partial charge in [-0.25, -0.2) is 9.78 Å². The number of aromatic nitrogens is 1. The number of nitrogens with one attached hydrogen (secondary N) is 2. The molecule has 2 heterocycles. The lowest BCUT2D eigenvalue weighted by molar-refractivity contribution is 0.111. The first-order chi connectivity index (χ1) is 16.0. The molecule has 0 spiro atoms. The van der Waals surface area contributed by atoms with Crippen molar-refractivity contribution in [3.05, 3.63) is 58.1 Å². The highest BCUT2D eigenvalue weighted by Gasteiger charge is 2.25. The van der Waals surface area contributed by atoms with E-state index in [1.165, 1.54) is 4.90 Å². The third-order valence-corrected chi connectivity index (χ3v) is 5.02. The molecule has 1 aromatic rings. The summed E-state index contributed by atoms with van der Waals surface area (Å²) in [6, 6.07) is 3.53. The number of methoxy groups -OCH3 is 1. The van der Waals surface area contributed by atoms with Crippen LogP contribution in [0.1, 0.15) is 48.3 Å². The summed E-state index contributed by atoms with van der Waals surface area (Å²) in [5, 5.41) is 25.1. The summed E-state index contributed by atoms with van der Waals surface area (Å²) >= 11 is 0. The zero-order valence-electron chi connectivity index (χ0n) is 19.4. The van der Waals surface area contributed by atoms with Crippen LogP contribution >= 0.6 is 0 Å². The Morgan fingerprint density at radius 3 is 2.88 bits per heavy atom. The number of anilines is 1. The first kappa shape index (κ1) is 25.8. The van der Waals surface area contributed by atoms with E-state index in [9.17, 15) is 20.0 Å². The van der Waals surface area contributed by atoms with Crippen molar-refractivity contribution in [2.75, 3.05) is 31.7 Å². The summed E-state index contributed by atoms with van der Waals surface area (Å²) in [6.45, 7) is 4.84. The number of aliphatic hydroxyl groups excluding tert-OH is 1. The molecule has 0 aromatic carbocycles. The number of aldehydes is 1. The molecule has 0 radical (unpaired) electrons. The van der Waals surface area contributed by atoms with Crippen molar-refractivity contribution in [2.24, 2.45) is 0 Å². The number of carbonyl (C=O) groups is 2. The molecule has 2 rings (SSSR count). The highest BCUT2D eigenvalue weighted by atomic mass is 16.5. The van der Waals surface area contributed by atoms with Crippen LogP contribution in [0, 0.1) is 11.3 Å². The van der Waals surface area contributed by atoms with E-state index in [-0.39, 0.29) is 18.3 Å². The van der Waals surface area contributed by atoms with Crippen molar-refractivity contribution >= 4 is 18.1 Å². The largest absolute Gasteiger partial charge is 0.392 e. The Morgan fingerprint density at radius 2 is 2.24 bits per heavy atom. The van der Waals surface area contributed by atoms with Gasteiger partial charge < -0.3 is 20.5 Å². The van der Waals surface area contributed by atoms with E-state index in [1.807, 2.05) is 13.0 Å². The van der Waals surface area contributed by atoms with Gasteiger partial charge in [0.05, 0.1) is 24.5 Å². The van der Waals surface area contributed by atoms with Gasteiger partial charge in [-0.3, -0.25) is 9.69 Å². The van der Waals surface area contributed by atoms with E-state index in [4.69, 9.17) is 4.74 Å². The van der Waals surface area contributed by atoms with Gasteiger partial charge in [0.15, 0.2) is 6.29 Å². The van der Waals surface area contributed by atoms with Crippen molar-refractivity contribution in [1.82, 2.24) is 15.6 Å². The summed E-state index contributed by atoms with van der Waals surface area (Å²) in [7, 11) is 1.60. The van der Waals surface area contributed by atoms with Crippen molar-refractivity contribution in [2.45, 2.75) is 39.7 Å². The van der Waals surface area contributed by atoms with Crippen LogP contribution in [-0.4, -0.2) is 49.2 Å². The maximum atomic E-state index is 13.0. The fourth-order valence-electron chi connectivity index (χ4n) is 3.41. The van der Waals surface area contributed by atoms with Gasteiger partial charge in [-0.1, -0.05) is 13.0 Å². The van der Waals surface area contributed by atoms with Gasteiger partial charge in [-0.15, -0.1) is 0 Å². The monoisotopic (exact) mass is 453 g/mol. The lowest BCUT2D eigenvalue weighted by Crippen LogP contribution is -2.43. The fraction of sp³-hybridized carbons (Fsp3) is 0.417. The topological polar surface area (TPSA) is 128 Å². The number of ether oxygens (including phenoxy) is 1. The molecule has 0 saturated heterocycles. The van der Waals surface area contributed by atoms with Crippen molar-refractivity contribution in [1.29, 1.82) is 5.26 Å². The van der Waals surface area contributed by atoms with Crippen LogP contribution in [-0.2, 0) is 17.8 Å². The maximum absolute atomic E-state index is 13.0.